The summed E-state index contributed by atoms with van der Waals surface area (Å²) >= 11 is 0. The van der Waals surface area contributed by atoms with Gasteiger partial charge in [0.2, 0.25) is 0 Å². The van der Waals surface area contributed by atoms with Crippen molar-refractivity contribution in [3.05, 3.63) is 133 Å². The van der Waals surface area contributed by atoms with Gasteiger partial charge in [-0.1, -0.05) is 112 Å². The smallest absolute Gasteiger partial charge is 0.341 e. The summed E-state index contributed by atoms with van der Waals surface area (Å²) in [7, 11) is -2.56. The van der Waals surface area contributed by atoms with Crippen molar-refractivity contribution in [2.45, 2.75) is 134 Å². The summed E-state index contributed by atoms with van der Waals surface area (Å²) in [6.45, 7) is 18.1. The number of benzene rings is 2. The number of aliphatic carboxylic acids is 1. The molecule has 85 heavy (non-hydrogen) atoms. The largest absolute Gasteiger partial charge is 0.479 e. The molecule has 0 saturated heterocycles. The number of alkyl halides is 2. The quantitative estimate of drug-likeness (QED) is 0.0281. The number of carboxylic acid groups (broad SMARTS) is 1. The van der Waals surface area contributed by atoms with Gasteiger partial charge in [0, 0.05) is 122 Å². The van der Waals surface area contributed by atoms with Crippen molar-refractivity contribution in [2.24, 2.45) is 11.8 Å². The van der Waals surface area contributed by atoms with Crippen molar-refractivity contribution in [2.75, 3.05) is 43.9 Å². The lowest BCUT2D eigenvalue weighted by atomic mass is 9.78. The van der Waals surface area contributed by atoms with Crippen LogP contribution in [0.25, 0.3) is 56.1 Å². The van der Waals surface area contributed by atoms with Crippen LogP contribution in [0.2, 0.25) is 51.4 Å². The zero-order valence-corrected chi connectivity index (χ0v) is 52.7. The SMILES string of the molecule is CCOC(=O)C(F)C1CCC(c2cc(N(COCC[Si](C)(C)C)COCC[Si](C)(C)C)n3ncc(-c4ccc(-c5ccccc5)nc4)c3n2)CC1.Cl.Nc1cc(C2CCC(C(F)C(=O)O)CC2)nc2c(-c3ccc(-c4ccccc4)nc3)cnn12. The lowest BCUT2D eigenvalue weighted by Gasteiger charge is -2.31. The molecule has 2 atom stereocenters. The molecular formula is C64H81ClF2N10O6Si2. The molecule has 0 amide bonds. The highest BCUT2D eigenvalue weighted by Gasteiger charge is 2.36. The zero-order valence-electron chi connectivity index (χ0n) is 49.9. The van der Waals surface area contributed by atoms with Gasteiger partial charge < -0.3 is 30.0 Å². The Labute approximate surface area is 505 Å². The third kappa shape index (κ3) is 16.5. The van der Waals surface area contributed by atoms with E-state index in [1.807, 2.05) is 95.9 Å². The number of halogens is 3. The number of esters is 1. The predicted molar refractivity (Wildman–Crippen MR) is 339 cm³/mol. The van der Waals surface area contributed by atoms with Crippen LogP contribution in [-0.2, 0) is 23.8 Å². The molecule has 0 radical (unpaired) electrons. The van der Waals surface area contributed by atoms with E-state index in [4.69, 9.17) is 45.1 Å². The van der Waals surface area contributed by atoms with E-state index in [1.165, 1.54) is 0 Å². The van der Waals surface area contributed by atoms with Crippen LogP contribution in [-0.4, -0.2) is 118 Å². The number of carbonyl (C=O) groups is 2. The van der Waals surface area contributed by atoms with Gasteiger partial charge in [0.25, 0.3) is 0 Å². The van der Waals surface area contributed by atoms with Crippen LogP contribution < -0.4 is 10.6 Å². The van der Waals surface area contributed by atoms with Gasteiger partial charge in [0.05, 0.1) is 30.4 Å². The van der Waals surface area contributed by atoms with Gasteiger partial charge in [-0.2, -0.15) is 19.2 Å². The maximum absolute atomic E-state index is 15.0. The number of anilines is 2. The van der Waals surface area contributed by atoms with E-state index in [0.29, 0.717) is 76.7 Å². The van der Waals surface area contributed by atoms with E-state index < -0.39 is 46.3 Å². The first-order valence-corrected chi connectivity index (χ1v) is 36.9. The summed E-state index contributed by atoms with van der Waals surface area (Å²) in [5, 5.41) is 18.2. The van der Waals surface area contributed by atoms with Crippen molar-refractivity contribution < 1.29 is 37.7 Å². The molecule has 2 aliphatic carbocycles. The summed E-state index contributed by atoms with van der Waals surface area (Å²) in [6.07, 6.45) is 8.90. The molecule has 21 heteroatoms. The summed E-state index contributed by atoms with van der Waals surface area (Å²) in [5.41, 5.74) is 16.8. The fourth-order valence-corrected chi connectivity index (χ4v) is 12.5. The summed E-state index contributed by atoms with van der Waals surface area (Å²) in [5.74, 6) is -1.40. The van der Waals surface area contributed by atoms with Crippen molar-refractivity contribution >= 4 is 63.4 Å². The Morgan fingerprint density at radius 3 is 1.51 bits per heavy atom. The summed E-state index contributed by atoms with van der Waals surface area (Å²) in [6, 6.07) is 34.2. The summed E-state index contributed by atoms with van der Waals surface area (Å²) in [4.78, 5) is 44.8. The molecule has 8 aromatic rings. The number of pyridine rings is 2. The fourth-order valence-electron chi connectivity index (χ4n) is 11.0. The van der Waals surface area contributed by atoms with Crippen LogP contribution in [0, 0.1) is 11.8 Å². The molecule has 2 unspecified atom stereocenters. The number of carboxylic acids is 1. The maximum Gasteiger partial charge on any atom is 0.341 e. The van der Waals surface area contributed by atoms with E-state index in [-0.39, 0.29) is 36.8 Å². The van der Waals surface area contributed by atoms with Gasteiger partial charge in [-0.05, 0) is 82.5 Å². The molecule has 10 rings (SSSR count). The Kier molecular flexibility index (Phi) is 21.8. The molecule has 3 N–H and O–H groups in total. The highest BCUT2D eigenvalue weighted by Crippen LogP contribution is 2.41. The van der Waals surface area contributed by atoms with Crippen LogP contribution in [0.3, 0.4) is 0 Å². The molecule has 0 spiro atoms. The molecule has 2 aromatic carbocycles. The third-order valence-electron chi connectivity index (χ3n) is 16.0. The molecule has 452 valence electrons. The maximum atomic E-state index is 15.0. The monoisotopic (exact) mass is 1210 g/mol. The lowest BCUT2D eigenvalue weighted by molar-refractivity contribution is -0.151. The first-order chi connectivity index (χ1) is 40.3. The van der Waals surface area contributed by atoms with Gasteiger partial charge in [0.1, 0.15) is 25.1 Å². The Hall–Kier alpha value is -6.98. The molecule has 16 nitrogen and oxygen atoms in total. The van der Waals surface area contributed by atoms with E-state index in [9.17, 15) is 14.0 Å². The Bertz CT molecular complexity index is 3420. The summed E-state index contributed by atoms with van der Waals surface area (Å²) < 4.78 is 50.0. The standard InChI is InChI=1S/C39H56FN5O4Si2.C25H24FN5O2.ClH/c1-8-49-39(46)37(40)31-16-14-30(15-17-31)35-24-36(44(27-47-20-22-50(2,3)4)28-48-21-23-51(5,6)7)45-38(43-35)33(26-42-45)32-18-19-34(41-25-32)29-12-10-9-11-13-29;26-23(25(32)33)17-8-6-16(7-9-17)21-12-22(27)31-24(30-21)19(14-29-31)18-10-11-20(28-13-18)15-4-2-1-3-5-15;/h9-13,18-19,24-26,30-31,37H,8,14-17,20-23,27-28H2,1-7H3;1-5,10-14,16-17,23H,6-9,27H2,(H,32,33);1H. The first kappa shape index (κ1) is 64.0. The molecule has 6 heterocycles. The Balaban J connectivity index is 0.000000238. The molecule has 2 fully saturated rings. The molecule has 2 aliphatic rings. The highest BCUT2D eigenvalue weighted by molar-refractivity contribution is 6.76. The molecule has 6 aromatic heterocycles. The second kappa shape index (κ2) is 28.9. The minimum absolute atomic E-state index is 0. The van der Waals surface area contributed by atoms with Crippen LogP contribution >= 0.6 is 12.4 Å². The van der Waals surface area contributed by atoms with E-state index >= 15 is 4.39 Å². The molecular weight excluding hydrogens is 1130 g/mol. The number of nitrogens with two attached hydrogens (primary N) is 1. The minimum atomic E-state index is -1.81. The average molecular weight is 1220 g/mol. The van der Waals surface area contributed by atoms with E-state index in [2.05, 4.69) is 78.5 Å². The second-order valence-corrected chi connectivity index (χ2v) is 35.9. The highest BCUT2D eigenvalue weighted by atomic mass is 35.5. The van der Waals surface area contributed by atoms with Crippen LogP contribution in [0.1, 0.15) is 81.5 Å². The van der Waals surface area contributed by atoms with Gasteiger partial charge in [0.15, 0.2) is 23.6 Å². The first-order valence-electron chi connectivity index (χ1n) is 29.5. The number of nitrogens with zero attached hydrogens (tertiary/aromatic N) is 9. The number of fused-ring (bicyclic) bond motifs is 2. The predicted octanol–water partition coefficient (Wildman–Crippen LogP) is 14.2. The van der Waals surface area contributed by atoms with Crippen molar-refractivity contribution in [3.63, 3.8) is 0 Å². The minimum Gasteiger partial charge on any atom is -0.479 e. The van der Waals surface area contributed by atoms with Crippen molar-refractivity contribution in [3.8, 4) is 44.8 Å². The zero-order chi connectivity index (χ0) is 59.5. The van der Waals surface area contributed by atoms with Gasteiger partial charge in [-0.25, -0.2) is 28.3 Å². The van der Waals surface area contributed by atoms with Crippen molar-refractivity contribution in [1.29, 1.82) is 0 Å². The number of aromatic nitrogens is 8. The fraction of sp³-hybridized carbons (Fsp3) is 0.438. The number of hydrogen-bond donors (Lipinski definition) is 2. The average Bonchev–Trinajstić information content (AvgIpc) is 3.37. The Morgan fingerprint density at radius 1 is 0.624 bits per heavy atom. The van der Waals surface area contributed by atoms with Crippen LogP contribution in [0.4, 0.5) is 20.4 Å². The molecule has 2 saturated carbocycles. The van der Waals surface area contributed by atoms with Crippen LogP contribution in [0.5, 0.6) is 0 Å². The lowest BCUT2D eigenvalue weighted by Crippen LogP contribution is -2.33. The number of ether oxygens (including phenoxy) is 3. The number of carbonyl (C=O) groups excluding carboxylic acids is 1. The van der Waals surface area contributed by atoms with Crippen LogP contribution in [0.15, 0.2) is 122 Å². The number of nitrogen functional groups attached to an aromatic ring is 1. The van der Waals surface area contributed by atoms with E-state index in [0.717, 1.165) is 92.6 Å². The second-order valence-electron chi connectivity index (χ2n) is 24.7. The normalized spacial score (nSPS) is 18.0. The molecule has 0 aliphatic heterocycles. The van der Waals surface area contributed by atoms with E-state index in [1.54, 1.807) is 17.6 Å². The topological polar surface area (TPSA) is 197 Å². The number of hydrogen-bond acceptors (Lipinski definition) is 13. The van der Waals surface area contributed by atoms with Gasteiger partial charge >= 0.3 is 11.9 Å². The third-order valence-corrected chi connectivity index (χ3v) is 19.5. The van der Waals surface area contributed by atoms with Gasteiger partial charge in [-0.15, -0.1) is 12.4 Å². The number of rotatable bonds is 22. The van der Waals surface area contributed by atoms with Crippen molar-refractivity contribution in [1.82, 2.24) is 39.2 Å². The molecule has 0 bridgehead atoms. The Morgan fingerprint density at radius 2 is 1.07 bits per heavy atom. The van der Waals surface area contributed by atoms with Gasteiger partial charge in [-0.3, -0.25) is 9.97 Å².